The van der Waals surface area contributed by atoms with Gasteiger partial charge in [-0.1, -0.05) is 24.3 Å². The monoisotopic (exact) mass is 256 g/mol. The molecule has 0 amide bonds. The van der Waals surface area contributed by atoms with Crippen molar-refractivity contribution in [1.82, 2.24) is 0 Å². The standard InChI is InChI=1S/C15H12O4/c16-9-13-5-1-2-7-14(13)19-10-11-4-3-6-12(8-11)15(17)18/h1-9H,10H2,(H,17,18). The van der Waals surface area contributed by atoms with Crippen molar-refractivity contribution in [2.75, 3.05) is 0 Å². The Kier molecular flexibility index (Phi) is 3.93. The van der Waals surface area contributed by atoms with Gasteiger partial charge in [0.1, 0.15) is 12.4 Å². The zero-order chi connectivity index (χ0) is 13.7. The van der Waals surface area contributed by atoms with Crippen molar-refractivity contribution < 1.29 is 19.4 Å². The van der Waals surface area contributed by atoms with Crippen LogP contribution in [0.2, 0.25) is 0 Å². The average molecular weight is 256 g/mol. The molecule has 96 valence electrons. The van der Waals surface area contributed by atoms with Gasteiger partial charge in [0.15, 0.2) is 6.29 Å². The van der Waals surface area contributed by atoms with E-state index in [0.29, 0.717) is 11.3 Å². The quantitative estimate of drug-likeness (QED) is 0.835. The topological polar surface area (TPSA) is 63.6 Å². The molecule has 0 spiro atoms. The van der Waals surface area contributed by atoms with Crippen LogP contribution in [-0.4, -0.2) is 17.4 Å². The number of aromatic carboxylic acids is 1. The number of hydrogen-bond donors (Lipinski definition) is 1. The highest BCUT2D eigenvalue weighted by Gasteiger charge is 2.05. The van der Waals surface area contributed by atoms with E-state index in [1.165, 1.54) is 6.07 Å². The van der Waals surface area contributed by atoms with E-state index >= 15 is 0 Å². The van der Waals surface area contributed by atoms with Gasteiger partial charge in [-0.15, -0.1) is 0 Å². The number of rotatable bonds is 5. The molecule has 2 aromatic rings. The molecule has 2 aromatic carbocycles. The molecule has 19 heavy (non-hydrogen) atoms. The Labute approximate surface area is 110 Å². The molecule has 0 heterocycles. The van der Waals surface area contributed by atoms with E-state index in [1.54, 1.807) is 42.5 Å². The first-order chi connectivity index (χ1) is 9.20. The highest BCUT2D eigenvalue weighted by Crippen LogP contribution is 2.17. The summed E-state index contributed by atoms with van der Waals surface area (Å²) in [6.45, 7) is 0.214. The SMILES string of the molecule is O=Cc1ccccc1OCc1cccc(C(=O)O)c1. The van der Waals surface area contributed by atoms with Crippen LogP contribution in [0.4, 0.5) is 0 Å². The summed E-state index contributed by atoms with van der Waals surface area (Å²) in [5, 5.41) is 8.89. The second-order valence-electron chi connectivity index (χ2n) is 3.95. The fraction of sp³-hybridized carbons (Fsp3) is 0.0667. The maximum absolute atomic E-state index is 10.8. The number of carbonyl (C=O) groups excluding carboxylic acids is 1. The summed E-state index contributed by atoms with van der Waals surface area (Å²) in [6.07, 6.45) is 0.725. The second-order valence-corrected chi connectivity index (χ2v) is 3.95. The van der Waals surface area contributed by atoms with Gasteiger partial charge in [-0.2, -0.15) is 0 Å². The van der Waals surface area contributed by atoms with Crippen LogP contribution in [0.5, 0.6) is 5.75 Å². The summed E-state index contributed by atoms with van der Waals surface area (Å²) in [5.74, 6) is -0.492. The van der Waals surface area contributed by atoms with Crippen LogP contribution in [0, 0.1) is 0 Å². The van der Waals surface area contributed by atoms with Gasteiger partial charge in [-0.05, 0) is 29.8 Å². The summed E-state index contributed by atoms with van der Waals surface area (Å²) in [7, 11) is 0. The minimum Gasteiger partial charge on any atom is -0.488 e. The zero-order valence-electron chi connectivity index (χ0n) is 10.1. The summed E-state index contributed by atoms with van der Waals surface area (Å²) >= 11 is 0. The molecule has 2 rings (SSSR count). The Morgan fingerprint density at radius 2 is 1.95 bits per heavy atom. The van der Waals surface area contributed by atoms with Crippen LogP contribution >= 0.6 is 0 Å². The van der Waals surface area contributed by atoms with Crippen LogP contribution in [0.1, 0.15) is 26.3 Å². The lowest BCUT2D eigenvalue weighted by Gasteiger charge is -2.08. The molecule has 0 aromatic heterocycles. The summed E-state index contributed by atoms with van der Waals surface area (Å²) in [4.78, 5) is 21.7. The van der Waals surface area contributed by atoms with Gasteiger partial charge in [0.25, 0.3) is 0 Å². The molecule has 0 radical (unpaired) electrons. The predicted octanol–water partition coefficient (Wildman–Crippen LogP) is 2.78. The van der Waals surface area contributed by atoms with Crippen molar-refractivity contribution in [3.8, 4) is 5.75 Å². The lowest BCUT2D eigenvalue weighted by molar-refractivity contribution is 0.0696. The highest BCUT2D eigenvalue weighted by molar-refractivity contribution is 5.87. The third-order valence-corrected chi connectivity index (χ3v) is 2.61. The Hall–Kier alpha value is -2.62. The van der Waals surface area contributed by atoms with Gasteiger partial charge in [-0.3, -0.25) is 4.79 Å². The lowest BCUT2D eigenvalue weighted by atomic mass is 10.1. The lowest BCUT2D eigenvalue weighted by Crippen LogP contribution is -2.01. The maximum atomic E-state index is 10.8. The minimum atomic E-state index is -0.977. The molecule has 0 atom stereocenters. The van der Waals surface area contributed by atoms with E-state index in [-0.39, 0.29) is 12.2 Å². The van der Waals surface area contributed by atoms with Gasteiger partial charge in [0.05, 0.1) is 11.1 Å². The van der Waals surface area contributed by atoms with Crippen molar-refractivity contribution in [2.45, 2.75) is 6.61 Å². The Bertz CT molecular complexity index is 605. The smallest absolute Gasteiger partial charge is 0.335 e. The molecule has 4 heteroatoms. The second kappa shape index (κ2) is 5.82. The van der Waals surface area contributed by atoms with Crippen molar-refractivity contribution in [1.29, 1.82) is 0 Å². The summed E-state index contributed by atoms with van der Waals surface area (Å²) < 4.78 is 5.52. The number of carboxylic acid groups (broad SMARTS) is 1. The Balaban J connectivity index is 2.12. The van der Waals surface area contributed by atoms with Crippen LogP contribution in [0.15, 0.2) is 48.5 Å². The molecule has 0 fully saturated rings. The Morgan fingerprint density at radius 1 is 1.16 bits per heavy atom. The van der Waals surface area contributed by atoms with Gasteiger partial charge < -0.3 is 9.84 Å². The van der Waals surface area contributed by atoms with Gasteiger partial charge in [0.2, 0.25) is 0 Å². The molecule has 1 N–H and O–H groups in total. The van der Waals surface area contributed by atoms with E-state index in [0.717, 1.165) is 11.8 Å². The molecular weight excluding hydrogens is 244 g/mol. The van der Waals surface area contributed by atoms with Crippen molar-refractivity contribution in [3.05, 3.63) is 65.2 Å². The van der Waals surface area contributed by atoms with Crippen LogP contribution < -0.4 is 4.74 Å². The Morgan fingerprint density at radius 3 is 2.68 bits per heavy atom. The highest BCUT2D eigenvalue weighted by atomic mass is 16.5. The van der Waals surface area contributed by atoms with E-state index in [1.807, 2.05) is 0 Å². The van der Waals surface area contributed by atoms with E-state index in [4.69, 9.17) is 9.84 Å². The number of hydrogen-bond acceptors (Lipinski definition) is 3. The van der Waals surface area contributed by atoms with Gasteiger partial charge >= 0.3 is 5.97 Å². The fourth-order valence-corrected chi connectivity index (χ4v) is 1.66. The normalized spacial score (nSPS) is 9.89. The summed E-state index contributed by atoms with van der Waals surface area (Å²) in [6, 6.07) is 13.4. The molecule has 0 saturated carbocycles. The first-order valence-corrected chi connectivity index (χ1v) is 5.70. The number of aldehydes is 1. The number of carboxylic acids is 1. The van der Waals surface area contributed by atoms with Gasteiger partial charge in [0, 0.05) is 0 Å². The molecular formula is C15H12O4. The zero-order valence-corrected chi connectivity index (χ0v) is 10.1. The van der Waals surface area contributed by atoms with Crippen LogP contribution in [0.3, 0.4) is 0 Å². The molecule has 0 bridgehead atoms. The van der Waals surface area contributed by atoms with Gasteiger partial charge in [-0.25, -0.2) is 4.79 Å². The third kappa shape index (κ3) is 3.19. The van der Waals surface area contributed by atoms with Crippen LogP contribution in [0.25, 0.3) is 0 Å². The molecule has 0 saturated heterocycles. The maximum Gasteiger partial charge on any atom is 0.335 e. The van der Waals surface area contributed by atoms with Crippen molar-refractivity contribution >= 4 is 12.3 Å². The fourth-order valence-electron chi connectivity index (χ4n) is 1.66. The first-order valence-electron chi connectivity index (χ1n) is 5.70. The molecule has 4 nitrogen and oxygen atoms in total. The minimum absolute atomic E-state index is 0.213. The van der Waals surface area contributed by atoms with E-state index in [2.05, 4.69) is 0 Å². The molecule has 0 unspecified atom stereocenters. The number of benzene rings is 2. The van der Waals surface area contributed by atoms with Crippen molar-refractivity contribution in [3.63, 3.8) is 0 Å². The van der Waals surface area contributed by atoms with E-state index < -0.39 is 5.97 Å². The van der Waals surface area contributed by atoms with Crippen LogP contribution in [-0.2, 0) is 6.61 Å². The average Bonchev–Trinajstić information content (AvgIpc) is 2.45. The van der Waals surface area contributed by atoms with E-state index in [9.17, 15) is 9.59 Å². The molecule has 0 aliphatic carbocycles. The molecule has 0 aliphatic heterocycles. The predicted molar refractivity (Wildman–Crippen MR) is 69.6 cm³/mol. The summed E-state index contributed by atoms with van der Waals surface area (Å²) in [5.41, 5.74) is 1.42. The number of para-hydroxylation sites is 1. The number of ether oxygens (including phenoxy) is 1. The van der Waals surface area contributed by atoms with Crippen molar-refractivity contribution in [2.24, 2.45) is 0 Å². The first kappa shape index (κ1) is 12.8. The number of carbonyl (C=O) groups is 2. The third-order valence-electron chi connectivity index (χ3n) is 2.61. The largest absolute Gasteiger partial charge is 0.488 e. The molecule has 0 aliphatic rings.